The van der Waals surface area contributed by atoms with Crippen molar-refractivity contribution in [3.63, 3.8) is 0 Å². The van der Waals surface area contributed by atoms with Crippen LogP contribution in [0, 0.1) is 5.41 Å². The number of ether oxygens (including phenoxy) is 1. The summed E-state index contributed by atoms with van der Waals surface area (Å²) in [6, 6.07) is 3.61. The minimum atomic E-state index is -0.449. The van der Waals surface area contributed by atoms with E-state index in [0.29, 0.717) is 24.7 Å². The van der Waals surface area contributed by atoms with E-state index in [1.807, 2.05) is 13.0 Å². The van der Waals surface area contributed by atoms with Crippen molar-refractivity contribution >= 4 is 11.6 Å². The number of carbonyl (C=O) groups is 1. The molecule has 5 heteroatoms. The summed E-state index contributed by atoms with van der Waals surface area (Å²) >= 11 is 0. The highest BCUT2D eigenvalue weighted by Gasteiger charge is 2.37. The molecule has 0 unspecified atom stereocenters. The van der Waals surface area contributed by atoms with E-state index in [2.05, 4.69) is 10.3 Å². The van der Waals surface area contributed by atoms with Gasteiger partial charge in [-0.3, -0.25) is 4.79 Å². The van der Waals surface area contributed by atoms with Crippen LogP contribution in [0.1, 0.15) is 45.4 Å². The molecular weight excluding hydrogens is 266 g/mol. The Labute approximate surface area is 126 Å². The van der Waals surface area contributed by atoms with Crippen molar-refractivity contribution in [2.24, 2.45) is 11.1 Å². The van der Waals surface area contributed by atoms with Gasteiger partial charge in [0.15, 0.2) is 0 Å². The van der Waals surface area contributed by atoms with Gasteiger partial charge in [0.05, 0.1) is 12.0 Å². The summed E-state index contributed by atoms with van der Waals surface area (Å²) in [4.78, 5) is 16.9. The lowest BCUT2D eigenvalue weighted by molar-refractivity contribution is -0.125. The third-order valence-corrected chi connectivity index (χ3v) is 4.23. The second-order valence-corrected chi connectivity index (χ2v) is 5.64. The molecule has 0 aliphatic heterocycles. The molecular formula is C16H25N3O2. The van der Waals surface area contributed by atoms with E-state index in [4.69, 9.17) is 10.5 Å². The van der Waals surface area contributed by atoms with Crippen LogP contribution in [0.3, 0.4) is 0 Å². The molecule has 1 aromatic rings. The summed E-state index contributed by atoms with van der Waals surface area (Å²) in [5.74, 6) is 0.468. The Kier molecular flexibility index (Phi) is 5.56. The maximum absolute atomic E-state index is 12.8. The first-order valence-electron chi connectivity index (χ1n) is 7.81. The van der Waals surface area contributed by atoms with Gasteiger partial charge in [0, 0.05) is 12.7 Å². The second kappa shape index (κ2) is 7.41. The second-order valence-electron chi connectivity index (χ2n) is 5.64. The number of amides is 1. The molecule has 1 aliphatic carbocycles. The quantitative estimate of drug-likeness (QED) is 0.818. The molecule has 1 aromatic heterocycles. The van der Waals surface area contributed by atoms with Gasteiger partial charge < -0.3 is 15.8 Å². The number of carbonyl (C=O) groups excluding carboxylic acids is 1. The van der Waals surface area contributed by atoms with Gasteiger partial charge in [-0.1, -0.05) is 25.7 Å². The summed E-state index contributed by atoms with van der Waals surface area (Å²) in [5.41, 5.74) is 6.13. The fraction of sp³-hybridized carbons (Fsp3) is 0.625. The van der Waals surface area contributed by atoms with Crippen LogP contribution < -0.4 is 15.8 Å². The van der Waals surface area contributed by atoms with Crippen molar-refractivity contribution < 1.29 is 9.53 Å². The lowest BCUT2D eigenvalue weighted by Crippen LogP contribution is -2.42. The van der Waals surface area contributed by atoms with Gasteiger partial charge in [-0.2, -0.15) is 0 Å². The first kappa shape index (κ1) is 15.8. The van der Waals surface area contributed by atoms with E-state index in [0.717, 1.165) is 25.7 Å². The predicted octanol–water partition coefficient (Wildman–Crippen LogP) is 2.72. The van der Waals surface area contributed by atoms with E-state index < -0.39 is 5.41 Å². The number of anilines is 1. The highest BCUT2D eigenvalue weighted by molar-refractivity contribution is 5.96. The zero-order valence-corrected chi connectivity index (χ0v) is 12.7. The minimum absolute atomic E-state index is 0.000790. The smallest absolute Gasteiger partial charge is 0.237 e. The standard InChI is InChI=1S/C16H25N3O2/c1-2-21-14-13(8-7-11-18-14)19-15(20)16(12-17)9-5-3-4-6-10-16/h7-8,11H,2-6,9-10,12,17H2,1H3,(H,19,20). The molecule has 5 nitrogen and oxygen atoms in total. The Balaban J connectivity index is 2.15. The summed E-state index contributed by atoms with van der Waals surface area (Å²) < 4.78 is 5.46. The monoisotopic (exact) mass is 291 g/mol. The number of aromatic nitrogens is 1. The molecule has 116 valence electrons. The Morgan fingerprint density at radius 1 is 1.38 bits per heavy atom. The van der Waals surface area contributed by atoms with Crippen molar-refractivity contribution in [2.45, 2.75) is 45.4 Å². The van der Waals surface area contributed by atoms with Crippen molar-refractivity contribution in [1.29, 1.82) is 0 Å². The molecule has 1 aliphatic rings. The topological polar surface area (TPSA) is 77.2 Å². The summed E-state index contributed by atoms with van der Waals surface area (Å²) in [7, 11) is 0. The van der Waals surface area contributed by atoms with E-state index in [1.165, 1.54) is 12.8 Å². The Morgan fingerprint density at radius 3 is 2.71 bits per heavy atom. The molecule has 1 heterocycles. The summed E-state index contributed by atoms with van der Waals surface area (Å²) in [6.45, 7) is 2.80. The summed E-state index contributed by atoms with van der Waals surface area (Å²) in [5, 5.41) is 2.98. The maximum Gasteiger partial charge on any atom is 0.237 e. The Bertz CT molecular complexity index is 468. The van der Waals surface area contributed by atoms with Crippen molar-refractivity contribution in [1.82, 2.24) is 4.98 Å². The normalized spacial score (nSPS) is 17.8. The molecule has 2 rings (SSSR count). The average molecular weight is 291 g/mol. The van der Waals surface area contributed by atoms with Crippen LogP contribution in [0.4, 0.5) is 5.69 Å². The molecule has 0 atom stereocenters. The van der Waals surface area contributed by atoms with Crippen LogP contribution in [-0.4, -0.2) is 24.0 Å². The largest absolute Gasteiger partial charge is 0.476 e. The van der Waals surface area contributed by atoms with E-state index in [9.17, 15) is 4.79 Å². The van der Waals surface area contributed by atoms with Crippen LogP contribution in [0.2, 0.25) is 0 Å². The molecule has 1 saturated carbocycles. The number of nitrogens with two attached hydrogens (primary N) is 1. The first-order valence-corrected chi connectivity index (χ1v) is 7.81. The maximum atomic E-state index is 12.8. The number of hydrogen-bond acceptors (Lipinski definition) is 4. The Morgan fingerprint density at radius 2 is 2.10 bits per heavy atom. The number of nitrogens with one attached hydrogen (secondary N) is 1. The zero-order chi connectivity index (χ0) is 15.1. The average Bonchev–Trinajstić information content (AvgIpc) is 2.76. The molecule has 0 spiro atoms. The predicted molar refractivity (Wildman–Crippen MR) is 83.2 cm³/mol. The van der Waals surface area contributed by atoms with E-state index in [-0.39, 0.29) is 5.91 Å². The van der Waals surface area contributed by atoms with Crippen LogP contribution in [0.15, 0.2) is 18.3 Å². The lowest BCUT2D eigenvalue weighted by Gasteiger charge is -2.30. The summed E-state index contributed by atoms with van der Waals surface area (Å²) in [6.07, 6.45) is 7.88. The van der Waals surface area contributed by atoms with Gasteiger partial charge >= 0.3 is 0 Å². The van der Waals surface area contributed by atoms with Crippen LogP contribution in [0.25, 0.3) is 0 Å². The van der Waals surface area contributed by atoms with Crippen molar-refractivity contribution in [3.05, 3.63) is 18.3 Å². The van der Waals surface area contributed by atoms with Crippen LogP contribution >= 0.6 is 0 Å². The van der Waals surface area contributed by atoms with Crippen molar-refractivity contribution in [2.75, 3.05) is 18.5 Å². The highest BCUT2D eigenvalue weighted by Crippen LogP contribution is 2.36. The molecule has 0 aromatic carbocycles. The first-order chi connectivity index (χ1) is 10.2. The SMILES string of the molecule is CCOc1ncccc1NC(=O)C1(CN)CCCCCC1. The third-order valence-electron chi connectivity index (χ3n) is 4.23. The van der Waals surface area contributed by atoms with Gasteiger partial charge in [0.25, 0.3) is 0 Å². The minimum Gasteiger partial charge on any atom is -0.476 e. The molecule has 1 amide bonds. The van der Waals surface area contributed by atoms with Gasteiger partial charge in [0.2, 0.25) is 11.8 Å². The number of rotatable bonds is 5. The lowest BCUT2D eigenvalue weighted by atomic mass is 9.79. The molecule has 1 fully saturated rings. The highest BCUT2D eigenvalue weighted by atomic mass is 16.5. The molecule has 0 saturated heterocycles. The molecule has 21 heavy (non-hydrogen) atoms. The molecule has 3 N–H and O–H groups in total. The number of pyridine rings is 1. The Hall–Kier alpha value is -1.62. The van der Waals surface area contributed by atoms with Crippen LogP contribution in [-0.2, 0) is 4.79 Å². The van der Waals surface area contributed by atoms with E-state index >= 15 is 0 Å². The van der Waals surface area contributed by atoms with E-state index in [1.54, 1.807) is 12.3 Å². The van der Waals surface area contributed by atoms with Gasteiger partial charge in [-0.05, 0) is 31.9 Å². The van der Waals surface area contributed by atoms with Gasteiger partial charge in [0.1, 0.15) is 5.69 Å². The number of hydrogen-bond donors (Lipinski definition) is 2. The van der Waals surface area contributed by atoms with Gasteiger partial charge in [-0.15, -0.1) is 0 Å². The van der Waals surface area contributed by atoms with Crippen molar-refractivity contribution in [3.8, 4) is 5.88 Å². The number of nitrogens with zero attached hydrogens (tertiary/aromatic N) is 1. The fourth-order valence-corrected chi connectivity index (χ4v) is 2.92. The third kappa shape index (κ3) is 3.73. The van der Waals surface area contributed by atoms with Crippen LogP contribution in [0.5, 0.6) is 5.88 Å². The van der Waals surface area contributed by atoms with Gasteiger partial charge in [-0.25, -0.2) is 4.98 Å². The molecule has 0 radical (unpaired) electrons. The zero-order valence-electron chi connectivity index (χ0n) is 12.7. The fourth-order valence-electron chi connectivity index (χ4n) is 2.92. The molecule has 0 bridgehead atoms.